The molecule has 0 unspecified atom stereocenters. The van der Waals surface area contributed by atoms with Crippen molar-refractivity contribution in [3.05, 3.63) is 23.8 Å². The van der Waals surface area contributed by atoms with Crippen molar-refractivity contribution >= 4 is 11.6 Å². The number of rotatable bonds is 5. The predicted molar refractivity (Wildman–Crippen MR) is 75.4 cm³/mol. The number of carbonyl (C=O) groups is 1. The van der Waals surface area contributed by atoms with Crippen molar-refractivity contribution in [3.8, 4) is 5.75 Å². The molecule has 0 radical (unpaired) electrons. The second-order valence-electron chi connectivity index (χ2n) is 4.73. The van der Waals surface area contributed by atoms with Crippen LogP contribution in [0.1, 0.15) is 23.2 Å². The molecule has 1 fully saturated rings. The standard InChI is InChI=1S/C14H21N3O2/c1-16-14(18)12-10-11(15)4-5-13(12)19-9-8-17-6-2-3-7-17/h4-5,10H,2-3,6-9,15H2,1H3,(H,16,18). The van der Waals surface area contributed by atoms with Gasteiger partial charge in [0.1, 0.15) is 12.4 Å². The van der Waals surface area contributed by atoms with Gasteiger partial charge < -0.3 is 15.8 Å². The molecular weight excluding hydrogens is 242 g/mol. The van der Waals surface area contributed by atoms with Gasteiger partial charge in [0.2, 0.25) is 0 Å². The number of hydrogen-bond acceptors (Lipinski definition) is 4. The fourth-order valence-electron chi connectivity index (χ4n) is 2.28. The number of ether oxygens (including phenoxy) is 1. The van der Waals surface area contributed by atoms with E-state index in [1.165, 1.54) is 12.8 Å². The van der Waals surface area contributed by atoms with Crippen LogP contribution in [0.15, 0.2) is 18.2 Å². The van der Waals surface area contributed by atoms with Gasteiger partial charge in [-0.25, -0.2) is 0 Å². The first-order valence-corrected chi connectivity index (χ1v) is 6.67. The van der Waals surface area contributed by atoms with Gasteiger partial charge in [-0.1, -0.05) is 0 Å². The van der Waals surface area contributed by atoms with Crippen LogP contribution in [-0.4, -0.2) is 44.1 Å². The predicted octanol–water partition coefficient (Wildman–Crippen LogP) is 1.10. The summed E-state index contributed by atoms with van der Waals surface area (Å²) >= 11 is 0. The molecule has 0 atom stereocenters. The summed E-state index contributed by atoms with van der Waals surface area (Å²) in [6, 6.07) is 5.14. The van der Waals surface area contributed by atoms with Crippen molar-refractivity contribution in [1.82, 2.24) is 10.2 Å². The molecule has 0 aromatic heterocycles. The SMILES string of the molecule is CNC(=O)c1cc(N)ccc1OCCN1CCCC1. The first-order valence-electron chi connectivity index (χ1n) is 6.67. The molecule has 0 spiro atoms. The zero-order valence-electron chi connectivity index (χ0n) is 11.3. The van der Waals surface area contributed by atoms with E-state index in [-0.39, 0.29) is 5.91 Å². The highest BCUT2D eigenvalue weighted by Gasteiger charge is 2.14. The van der Waals surface area contributed by atoms with E-state index in [0.29, 0.717) is 23.6 Å². The van der Waals surface area contributed by atoms with Crippen molar-refractivity contribution in [1.29, 1.82) is 0 Å². The van der Waals surface area contributed by atoms with Crippen molar-refractivity contribution in [2.45, 2.75) is 12.8 Å². The maximum Gasteiger partial charge on any atom is 0.254 e. The van der Waals surface area contributed by atoms with Gasteiger partial charge in [-0.3, -0.25) is 9.69 Å². The minimum Gasteiger partial charge on any atom is -0.491 e. The van der Waals surface area contributed by atoms with Crippen LogP contribution in [0.25, 0.3) is 0 Å². The minimum atomic E-state index is -0.177. The summed E-state index contributed by atoms with van der Waals surface area (Å²) in [6.07, 6.45) is 2.54. The number of nitrogens with zero attached hydrogens (tertiary/aromatic N) is 1. The lowest BCUT2D eigenvalue weighted by molar-refractivity contribution is 0.0958. The highest BCUT2D eigenvalue weighted by molar-refractivity contribution is 5.97. The van der Waals surface area contributed by atoms with Gasteiger partial charge in [-0.15, -0.1) is 0 Å². The van der Waals surface area contributed by atoms with Crippen LogP contribution in [0.5, 0.6) is 5.75 Å². The molecule has 1 heterocycles. The zero-order chi connectivity index (χ0) is 13.7. The average Bonchev–Trinajstić information content (AvgIpc) is 2.92. The smallest absolute Gasteiger partial charge is 0.254 e. The summed E-state index contributed by atoms with van der Waals surface area (Å²) in [7, 11) is 1.60. The number of nitrogen functional groups attached to an aromatic ring is 1. The molecular formula is C14H21N3O2. The molecule has 1 aromatic carbocycles. The van der Waals surface area contributed by atoms with E-state index in [1.54, 1.807) is 25.2 Å². The Morgan fingerprint density at radius 3 is 2.84 bits per heavy atom. The highest BCUT2D eigenvalue weighted by atomic mass is 16.5. The van der Waals surface area contributed by atoms with E-state index in [1.807, 2.05) is 0 Å². The molecule has 1 aliphatic rings. The summed E-state index contributed by atoms with van der Waals surface area (Å²) in [5, 5.41) is 2.60. The second-order valence-corrected chi connectivity index (χ2v) is 4.73. The molecule has 0 bridgehead atoms. The molecule has 104 valence electrons. The van der Waals surface area contributed by atoms with Gasteiger partial charge in [0.25, 0.3) is 5.91 Å². The minimum absolute atomic E-state index is 0.177. The quantitative estimate of drug-likeness (QED) is 0.781. The Bertz CT molecular complexity index is 442. The van der Waals surface area contributed by atoms with Gasteiger partial charge in [0.05, 0.1) is 5.56 Å². The number of nitrogens with two attached hydrogens (primary N) is 1. The molecule has 1 saturated heterocycles. The number of carbonyl (C=O) groups excluding carboxylic acids is 1. The average molecular weight is 263 g/mol. The Morgan fingerprint density at radius 1 is 1.42 bits per heavy atom. The summed E-state index contributed by atoms with van der Waals surface area (Å²) in [4.78, 5) is 14.1. The summed E-state index contributed by atoms with van der Waals surface area (Å²) < 4.78 is 5.72. The van der Waals surface area contributed by atoms with Crippen LogP contribution >= 0.6 is 0 Å². The normalized spacial score (nSPS) is 15.4. The monoisotopic (exact) mass is 263 g/mol. The van der Waals surface area contributed by atoms with Crippen LogP contribution in [0.2, 0.25) is 0 Å². The molecule has 5 nitrogen and oxygen atoms in total. The molecule has 1 aromatic rings. The van der Waals surface area contributed by atoms with Gasteiger partial charge in [-0.2, -0.15) is 0 Å². The lowest BCUT2D eigenvalue weighted by Crippen LogP contribution is -2.26. The second kappa shape index (κ2) is 6.43. The summed E-state index contributed by atoms with van der Waals surface area (Å²) in [5.41, 5.74) is 6.75. The van der Waals surface area contributed by atoms with Crippen LogP contribution in [0.3, 0.4) is 0 Å². The summed E-state index contributed by atoms with van der Waals surface area (Å²) in [5.74, 6) is 0.413. The van der Waals surface area contributed by atoms with Crippen LogP contribution < -0.4 is 15.8 Å². The van der Waals surface area contributed by atoms with Crippen LogP contribution in [-0.2, 0) is 0 Å². The third-order valence-corrected chi connectivity index (χ3v) is 3.34. The number of benzene rings is 1. The van der Waals surface area contributed by atoms with Crippen molar-refractivity contribution < 1.29 is 9.53 Å². The van der Waals surface area contributed by atoms with E-state index in [4.69, 9.17) is 10.5 Å². The van der Waals surface area contributed by atoms with Crippen LogP contribution in [0.4, 0.5) is 5.69 Å². The zero-order valence-corrected chi connectivity index (χ0v) is 11.3. The van der Waals surface area contributed by atoms with E-state index in [2.05, 4.69) is 10.2 Å². The molecule has 3 N–H and O–H groups in total. The first kappa shape index (κ1) is 13.7. The Hall–Kier alpha value is -1.75. The number of likely N-dealkylation sites (tertiary alicyclic amines) is 1. The number of anilines is 1. The topological polar surface area (TPSA) is 67.6 Å². The Balaban J connectivity index is 1.96. The van der Waals surface area contributed by atoms with Crippen molar-refractivity contribution in [3.63, 3.8) is 0 Å². The number of nitrogens with one attached hydrogen (secondary N) is 1. The molecule has 19 heavy (non-hydrogen) atoms. The van der Waals surface area contributed by atoms with Crippen molar-refractivity contribution in [2.75, 3.05) is 39.0 Å². The number of hydrogen-bond donors (Lipinski definition) is 2. The molecule has 2 rings (SSSR count). The van der Waals surface area contributed by atoms with Crippen LogP contribution in [0, 0.1) is 0 Å². The first-order chi connectivity index (χ1) is 9.20. The molecule has 0 aliphatic carbocycles. The number of amides is 1. The van der Waals surface area contributed by atoms with Crippen molar-refractivity contribution in [2.24, 2.45) is 0 Å². The third-order valence-electron chi connectivity index (χ3n) is 3.34. The van der Waals surface area contributed by atoms with E-state index >= 15 is 0 Å². The fourth-order valence-corrected chi connectivity index (χ4v) is 2.28. The Kier molecular flexibility index (Phi) is 4.63. The largest absolute Gasteiger partial charge is 0.491 e. The van der Waals surface area contributed by atoms with E-state index in [0.717, 1.165) is 19.6 Å². The van der Waals surface area contributed by atoms with Gasteiger partial charge in [0, 0.05) is 19.3 Å². The maximum absolute atomic E-state index is 11.7. The van der Waals surface area contributed by atoms with E-state index in [9.17, 15) is 4.79 Å². The summed E-state index contributed by atoms with van der Waals surface area (Å²) in [6.45, 7) is 3.78. The lowest BCUT2D eigenvalue weighted by Gasteiger charge is -2.16. The molecule has 0 saturated carbocycles. The van der Waals surface area contributed by atoms with Gasteiger partial charge in [-0.05, 0) is 44.1 Å². The molecule has 1 aliphatic heterocycles. The van der Waals surface area contributed by atoms with Gasteiger partial charge in [0.15, 0.2) is 0 Å². The maximum atomic E-state index is 11.7. The third kappa shape index (κ3) is 3.61. The molecule has 5 heteroatoms. The lowest BCUT2D eigenvalue weighted by atomic mass is 10.1. The Labute approximate surface area is 113 Å². The molecule has 1 amide bonds. The Morgan fingerprint density at radius 2 is 2.16 bits per heavy atom. The fraction of sp³-hybridized carbons (Fsp3) is 0.500. The van der Waals surface area contributed by atoms with E-state index < -0.39 is 0 Å². The highest BCUT2D eigenvalue weighted by Crippen LogP contribution is 2.21. The van der Waals surface area contributed by atoms with Gasteiger partial charge >= 0.3 is 0 Å².